The molecule has 2 atom stereocenters. The molecule has 2 aliphatic rings. The first-order valence-corrected chi connectivity index (χ1v) is 4.57. The minimum atomic E-state index is 0.645. The van der Waals surface area contributed by atoms with Crippen molar-refractivity contribution in [2.24, 2.45) is 0 Å². The minimum absolute atomic E-state index is 0.645. The molecule has 0 aromatic heterocycles. The fourth-order valence-electron chi connectivity index (χ4n) is 1.56. The monoisotopic (exact) mass is 156 g/mol. The van der Waals surface area contributed by atoms with Gasteiger partial charge in [0.25, 0.3) is 0 Å². The molecular weight excluding hydrogens is 144 g/mol. The molecular formula is C7H12N2S. The topological polar surface area (TPSA) is 24.1 Å². The van der Waals surface area contributed by atoms with Crippen LogP contribution in [0.1, 0.15) is 19.3 Å². The summed E-state index contributed by atoms with van der Waals surface area (Å²) < 4.78 is 0. The maximum Gasteiger partial charge on any atom is 0.0390 e. The van der Waals surface area contributed by atoms with Crippen LogP contribution in [0.4, 0.5) is 0 Å². The lowest BCUT2D eigenvalue weighted by Crippen LogP contribution is -2.35. The molecule has 2 N–H and O–H groups in total. The Kier molecular flexibility index (Phi) is 1.72. The smallest absolute Gasteiger partial charge is 0.0390 e. The molecule has 0 aromatic rings. The molecule has 10 heavy (non-hydrogen) atoms. The Bertz CT molecular complexity index is 158. The number of fused-ring (bicyclic) bond motifs is 1. The number of hydrogen-bond donors (Lipinski definition) is 2. The minimum Gasteiger partial charge on any atom is -0.243 e. The maximum atomic E-state index is 4.00. The first kappa shape index (κ1) is 6.70. The third-order valence-electron chi connectivity index (χ3n) is 2.19. The van der Waals surface area contributed by atoms with E-state index in [-0.39, 0.29) is 0 Å². The van der Waals surface area contributed by atoms with Gasteiger partial charge in [-0.1, -0.05) is 24.1 Å². The van der Waals surface area contributed by atoms with Crippen LogP contribution in [-0.2, 0) is 0 Å². The van der Waals surface area contributed by atoms with Crippen molar-refractivity contribution >= 4 is 11.9 Å². The van der Waals surface area contributed by atoms with Gasteiger partial charge in [-0.3, -0.25) is 0 Å². The van der Waals surface area contributed by atoms with Crippen molar-refractivity contribution in [2.75, 3.05) is 0 Å². The van der Waals surface area contributed by atoms with Gasteiger partial charge >= 0.3 is 0 Å². The third kappa shape index (κ3) is 1.09. The van der Waals surface area contributed by atoms with Crippen LogP contribution >= 0.6 is 11.9 Å². The van der Waals surface area contributed by atoms with E-state index < -0.39 is 0 Å². The Morgan fingerprint density at radius 3 is 3.40 bits per heavy atom. The average Bonchev–Trinajstić information content (AvgIpc) is 2.33. The molecule has 0 amide bonds. The van der Waals surface area contributed by atoms with Crippen molar-refractivity contribution in [3.63, 3.8) is 0 Å². The summed E-state index contributed by atoms with van der Waals surface area (Å²) in [6, 6.07) is 0.645. The molecule has 1 aliphatic carbocycles. The first-order chi connectivity index (χ1) is 4.86. The molecule has 2 fully saturated rings. The fourth-order valence-corrected chi connectivity index (χ4v) is 2.50. The highest BCUT2D eigenvalue weighted by molar-refractivity contribution is 7.98. The molecule has 1 saturated carbocycles. The Morgan fingerprint density at radius 2 is 2.50 bits per heavy atom. The van der Waals surface area contributed by atoms with Crippen molar-refractivity contribution in [1.82, 2.24) is 10.3 Å². The van der Waals surface area contributed by atoms with Gasteiger partial charge in [-0.05, 0) is 19.3 Å². The highest BCUT2D eigenvalue weighted by Gasteiger charge is 2.31. The Labute approximate surface area is 65.6 Å². The van der Waals surface area contributed by atoms with E-state index in [9.17, 15) is 0 Å². The molecule has 2 rings (SSSR count). The van der Waals surface area contributed by atoms with Crippen LogP contribution in [0, 0.1) is 0 Å². The van der Waals surface area contributed by atoms with Crippen LogP contribution in [0.5, 0.6) is 0 Å². The van der Waals surface area contributed by atoms with E-state index in [1.54, 1.807) is 0 Å². The van der Waals surface area contributed by atoms with Gasteiger partial charge in [-0.25, -0.2) is 10.3 Å². The Hall–Kier alpha value is 0.01000. The summed E-state index contributed by atoms with van der Waals surface area (Å²) in [4.78, 5) is 3.11. The van der Waals surface area contributed by atoms with Gasteiger partial charge in [-0.2, -0.15) is 0 Å². The molecule has 1 heterocycles. The molecule has 0 spiro atoms. The molecule has 2 nitrogen and oxygen atoms in total. The quantitative estimate of drug-likeness (QED) is 0.407. The largest absolute Gasteiger partial charge is 0.243 e. The second-order valence-corrected chi connectivity index (χ2v) is 4.05. The number of nitrogens with one attached hydrogen (secondary N) is 2. The van der Waals surface area contributed by atoms with E-state index in [1.165, 1.54) is 18.4 Å². The predicted molar refractivity (Wildman–Crippen MR) is 44.4 cm³/mol. The molecule has 1 saturated heterocycles. The Morgan fingerprint density at radius 1 is 1.60 bits per heavy atom. The van der Waals surface area contributed by atoms with Gasteiger partial charge < -0.3 is 0 Å². The van der Waals surface area contributed by atoms with Crippen LogP contribution in [0.15, 0.2) is 12.2 Å². The molecule has 0 bridgehead atoms. The molecule has 2 unspecified atom stereocenters. The van der Waals surface area contributed by atoms with Crippen LogP contribution in [0.25, 0.3) is 0 Å². The summed E-state index contributed by atoms with van der Waals surface area (Å²) in [5.74, 6) is 0. The van der Waals surface area contributed by atoms with Crippen molar-refractivity contribution in [1.29, 1.82) is 0 Å². The van der Waals surface area contributed by atoms with Gasteiger partial charge in [0.2, 0.25) is 0 Å². The Balaban J connectivity index is 2.03. The fraction of sp³-hybridized carbons (Fsp3) is 0.714. The zero-order valence-electron chi connectivity index (χ0n) is 5.89. The lowest BCUT2D eigenvalue weighted by atomic mass is 9.92. The average molecular weight is 156 g/mol. The lowest BCUT2D eigenvalue weighted by molar-refractivity contribution is 0.461. The standard InChI is InChI=1S/C7H12N2S/c1-5-2-3-7-6(4-5)8-9-10-7/h6-9H,1-4H2. The van der Waals surface area contributed by atoms with Gasteiger partial charge in [0.1, 0.15) is 0 Å². The van der Waals surface area contributed by atoms with Crippen LogP contribution in [0.3, 0.4) is 0 Å². The summed E-state index contributed by atoms with van der Waals surface area (Å²) >= 11 is 1.83. The van der Waals surface area contributed by atoms with Crippen LogP contribution in [-0.4, -0.2) is 11.3 Å². The molecule has 3 heteroatoms. The van der Waals surface area contributed by atoms with Gasteiger partial charge in [-0.15, -0.1) is 0 Å². The van der Waals surface area contributed by atoms with E-state index in [0.29, 0.717) is 6.04 Å². The van der Waals surface area contributed by atoms with E-state index in [1.807, 2.05) is 11.9 Å². The number of hydrogen-bond acceptors (Lipinski definition) is 3. The highest BCUT2D eigenvalue weighted by atomic mass is 32.2. The van der Waals surface area contributed by atoms with E-state index >= 15 is 0 Å². The summed E-state index contributed by atoms with van der Waals surface area (Å²) in [5, 5.41) is 0.783. The zero-order valence-corrected chi connectivity index (χ0v) is 6.71. The van der Waals surface area contributed by atoms with E-state index in [0.717, 1.165) is 11.7 Å². The van der Waals surface area contributed by atoms with Crippen LogP contribution in [0.2, 0.25) is 0 Å². The molecule has 0 aromatic carbocycles. The van der Waals surface area contributed by atoms with Crippen molar-refractivity contribution in [3.8, 4) is 0 Å². The summed E-state index contributed by atoms with van der Waals surface area (Å²) in [7, 11) is 0. The second kappa shape index (κ2) is 2.57. The van der Waals surface area contributed by atoms with Crippen molar-refractivity contribution in [3.05, 3.63) is 12.2 Å². The highest BCUT2D eigenvalue weighted by Crippen LogP contribution is 2.32. The van der Waals surface area contributed by atoms with Crippen LogP contribution < -0.4 is 10.3 Å². The third-order valence-corrected chi connectivity index (χ3v) is 3.30. The van der Waals surface area contributed by atoms with E-state index in [2.05, 4.69) is 16.8 Å². The second-order valence-electron chi connectivity index (χ2n) is 3.00. The number of rotatable bonds is 0. The summed E-state index contributed by atoms with van der Waals surface area (Å²) in [6.45, 7) is 4.00. The van der Waals surface area contributed by atoms with Crippen molar-refractivity contribution in [2.45, 2.75) is 30.6 Å². The number of hydrazine groups is 1. The van der Waals surface area contributed by atoms with Gasteiger partial charge in [0, 0.05) is 11.3 Å². The SMILES string of the molecule is C=C1CCC2SNNC2C1. The first-order valence-electron chi connectivity index (χ1n) is 3.69. The van der Waals surface area contributed by atoms with E-state index in [4.69, 9.17) is 0 Å². The van der Waals surface area contributed by atoms with Crippen molar-refractivity contribution < 1.29 is 0 Å². The van der Waals surface area contributed by atoms with Gasteiger partial charge in [0.05, 0.1) is 0 Å². The molecule has 56 valence electrons. The zero-order chi connectivity index (χ0) is 6.97. The normalized spacial score (nSPS) is 39.8. The summed E-state index contributed by atoms with van der Waals surface area (Å²) in [6.07, 6.45) is 3.66. The lowest BCUT2D eigenvalue weighted by Gasteiger charge is -2.23. The predicted octanol–water partition coefficient (Wildman–Crippen LogP) is 1.22. The molecule has 0 radical (unpaired) electrons. The maximum absolute atomic E-state index is 4.00. The van der Waals surface area contributed by atoms with Gasteiger partial charge in [0.15, 0.2) is 0 Å². The summed E-state index contributed by atoms with van der Waals surface area (Å²) in [5.41, 5.74) is 4.64. The molecule has 1 aliphatic heterocycles.